The van der Waals surface area contributed by atoms with Gasteiger partial charge in [0.15, 0.2) is 0 Å². The lowest BCUT2D eigenvalue weighted by Crippen LogP contribution is -2.11. The summed E-state index contributed by atoms with van der Waals surface area (Å²) >= 11 is 0. The molecule has 1 aliphatic heterocycles. The molecule has 1 amide bonds. The highest BCUT2D eigenvalue weighted by atomic mass is 16.2. The first-order valence-electron chi connectivity index (χ1n) is 5.91. The predicted molar refractivity (Wildman–Crippen MR) is 70.1 cm³/mol. The molecule has 0 bridgehead atoms. The van der Waals surface area contributed by atoms with Gasteiger partial charge in [-0.2, -0.15) is 0 Å². The third-order valence-corrected chi connectivity index (χ3v) is 3.03. The van der Waals surface area contributed by atoms with E-state index in [2.05, 4.69) is 10.2 Å². The smallest absolute Gasteiger partial charge is 0.288 e. The van der Waals surface area contributed by atoms with Gasteiger partial charge in [0.25, 0.3) is 0 Å². The van der Waals surface area contributed by atoms with Gasteiger partial charge in [0.2, 0.25) is 5.78 Å². The highest BCUT2D eigenvalue weighted by Gasteiger charge is 2.19. The average Bonchev–Trinajstić information content (AvgIpc) is 2.59. The molecule has 92 valence electrons. The molecule has 0 radical (unpaired) electrons. The number of Topliss-reactive ketones (excluding diaryl/α,β-unsaturated/α-hetero) is 1. The maximum Gasteiger partial charge on any atom is 0.331 e. The summed E-state index contributed by atoms with van der Waals surface area (Å²) in [7, 11) is 0. The van der Waals surface area contributed by atoms with Gasteiger partial charge in [-0.15, -0.1) is 10.2 Å². The minimum atomic E-state index is -0.780. The first kappa shape index (κ1) is 11.5. The van der Waals surface area contributed by atoms with Crippen LogP contribution in [-0.2, 0) is 16.0 Å². The fraction of sp³-hybridized carbons (Fsp3) is 0.0667. The minimum Gasteiger partial charge on any atom is -0.288 e. The molecule has 3 rings (SSSR count). The first-order chi connectivity index (χ1) is 9.24. The number of carbonyl (C=O) groups excluding carboxylic acids is 2. The van der Waals surface area contributed by atoms with Crippen LogP contribution in [-0.4, -0.2) is 11.7 Å². The van der Waals surface area contributed by atoms with Crippen LogP contribution in [0, 0.1) is 0 Å². The Morgan fingerprint density at radius 2 is 1.63 bits per heavy atom. The summed E-state index contributed by atoms with van der Waals surface area (Å²) in [5, 5.41) is 7.28. The Bertz CT molecular complexity index is 691. The molecular weight excluding hydrogens is 240 g/mol. The van der Waals surface area contributed by atoms with E-state index in [1.54, 1.807) is 0 Å². The van der Waals surface area contributed by atoms with Crippen LogP contribution in [0.1, 0.15) is 5.56 Å². The van der Waals surface area contributed by atoms with E-state index in [0.29, 0.717) is 5.69 Å². The van der Waals surface area contributed by atoms with Crippen LogP contribution in [0.4, 0.5) is 5.69 Å². The second-order valence-electron chi connectivity index (χ2n) is 4.31. The van der Waals surface area contributed by atoms with Crippen molar-refractivity contribution in [1.82, 2.24) is 0 Å². The monoisotopic (exact) mass is 250 g/mol. The van der Waals surface area contributed by atoms with E-state index in [1.165, 1.54) is 0 Å². The standard InChI is InChI=1S/C15H10N2O2/c18-14-9-12-7-6-11(10-4-2-1-3-5-10)8-13(12)16-17-15(14)19/h1-8H,9H2. The molecule has 0 saturated carbocycles. The number of hydrogen-bond donors (Lipinski definition) is 0. The summed E-state index contributed by atoms with van der Waals surface area (Å²) in [5.41, 5.74) is 3.36. The zero-order valence-corrected chi connectivity index (χ0v) is 10.0. The number of nitrogens with zero attached hydrogens (tertiary/aromatic N) is 2. The second kappa shape index (κ2) is 4.57. The van der Waals surface area contributed by atoms with Crippen molar-refractivity contribution in [1.29, 1.82) is 0 Å². The van der Waals surface area contributed by atoms with Gasteiger partial charge in [0, 0.05) is 6.42 Å². The molecule has 4 heteroatoms. The predicted octanol–water partition coefficient (Wildman–Crippen LogP) is 3.09. The third kappa shape index (κ3) is 2.20. The van der Waals surface area contributed by atoms with Gasteiger partial charge in [-0.1, -0.05) is 42.5 Å². The Hall–Kier alpha value is -2.62. The van der Waals surface area contributed by atoms with Crippen LogP contribution in [0.5, 0.6) is 0 Å². The maximum atomic E-state index is 11.4. The van der Waals surface area contributed by atoms with Crippen molar-refractivity contribution in [2.75, 3.05) is 0 Å². The van der Waals surface area contributed by atoms with E-state index >= 15 is 0 Å². The van der Waals surface area contributed by atoms with Gasteiger partial charge in [-0.3, -0.25) is 9.59 Å². The van der Waals surface area contributed by atoms with Crippen LogP contribution in [0.3, 0.4) is 0 Å². The minimum absolute atomic E-state index is 0.0657. The largest absolute Gasteiger partial charge is 0.331 e. The van der Waals surface area contributed by atoms with Crippen LogP contribution < -0.4 is 0 Å². The van der Waals surface area contributed by atoms with Crippen molar-refractivity contribution in [3.63, 3.8) is 0 Å². The number of benzene rings is 2. The Morgan fingerprint density at radius 1 is 0.842 bits per heavy atom. The summed E-state index contributed by atoms with van der Waals surface area (Å²) in [6, 6.07) is 15.4. The number of ketones is 1. The molecule has 2 aromatic carbocycles. The highest BCUT2D eigenvalue weighted by molar-refractivity contribution is 6.37. The quantitative estimate of drug-likeness (QED) is 0.730. The van der Waals surface area contributed by atoms with Crippen molar-refractivity contribution in [3.8, 4) is 11.1 Å². The van der Waals surface area contributed by atoms with Crippen LogP contribution in [0.2, 0.25) is 0 Å². The lowest BCUT2D eigenvalue weighted by Gasteiger charge is -2.05. The topological polar surface area (TPSA) is 58.9 Å². The van der Waals surface area contributed by atoms with E-state index in [0.717, 1.165) is 16.7 Å². The molecule has 2 aromatic rings. The van der Waals surface area contributed by atoms with Crippen molar-refractivity contribution in [3.05, 3.63) is 54.1 Å². The fourth-order valence-electron chi connectivity index (χ4n) is 2.02. The summed E-state index contributed by atoms with van der Waals surface area (Å²) in [5.74, 6) is -1.30. The molecule has 0 N–H and O–H groups in total. The number of carbonyl (C=O) groups is 2. The molecule has 0 aromatic heterocycles. The van der Waals surface area contributed by atoms with Gasteiger partial charge in [-0.05, 0) is 22.8 Å². The molecule has 19 heavy (non-hydrogen) atoms. The molecule has 0 spiro atoms. The first-order valence-corrected chi connectivity index (χ1v) is 5.91. The number of rotatable bonds is 1. The van der Waals surface area contributed by atoms with E-state index < -0.39 is 11.7 Å². The van der Waals surface area contributed by atoms with Crippen molar-refractivity contribution >= 4 is 17.4 Å². The van der Waals surface area contributed by atoms with Crippen molar-refractivity contribution in [2.24, 2.45) is 10.2 Å². The Morgan fingerprint density at radius 3 is 2.42 bits per heavy atom. The molecule has 0 unspecified atom stereocenters. The van der Waals surface area contributed by atoms with E-state index in [-0.39, 0.29) is 6.42 Å². The van der Waals surface area contributed by atoms with Crippen LogP contribution in [0.25, 0.3) is 11.1 Å². The average molecular weight is 250 g/mol. The Kier molecular flexibility index (Phi) is 2.76. The maximum absolute atomic E-state index is 11.4. The van der Waals surface area contributed by atoms with Gasteiger partial charge in [0.1, 0.15) is 0 Å². The molecular formula is C15H10N2O2. The van der Waals surface area contributed by atoms with Gasteiger partial charge >= 0.3 is 5.91 Å². The molecule has 1 heterocycles. The highest BCUT2D eigenvalue weighted by Crippen LogP contribution is 2.29. The number of hydrogen-bond acceptors (Lipinski definition) is 3. The van der Waals surface area contributed by atoms with Crippen LogP contribution in [0.15, 0.2) is 58.8 Å². The number of fused-ring (bicyclic) bond motifs is 1. The van der Waals surface area contributed by atoms with Crippen LogP contribution >= 0.6 is 0 Å². The molecule has 0 atom stereocenters. The number of amides is 1. The summed E-state index contributed by atoms with van der Waals surface area (Å²) in [6.45, 7) is 0. The normalized spacial score (nSPS) is 14.1. The number of azo groups is 1. The summed E-state index contributed by atoms with van der Waals surface area (Å²) in [6.07, 6.45) is 0.0657. The lowest BCUT2D eigenvalue weighted by molar-refractivity contribution is -0.135. The second-order valence-corrected chi connectivity index (χ2v) is 4.31. The van der Waals surface area contributed by atoms with Gasteiger partial charge in [0.05, 0.1) is 5.69 Å². The van der Waals surface area contributed by atoms with Gasteiger partial charge in [-0.25, -0.2) is 0 Å². The van der Waals surface area contributed by atoms with E-state index in [1.807, 2.05) is 48.5 Å². The fourth-order valence-corrected chi connectivity index (χ4v) is 2.02. The third-order valence-electron chi connectivity index (χ3n) is 3.03. The SMILES string of the molecule is O=C1Cc2ccc(-c3ccccc3)cc2N=NC1=O. The van der Waals surface area contributed by atoms with Crippen molar-refractivity contribution < 1.29 is 9.59 Å². The molecule has 0 fully saturated rings. The van der Waals surface area contributed by atoms with E-state index in [4.69, 9.17) is 0 Å². The summed E-state index contributed by atoms with van der Waals surface area (Å²) < 4.78 is 0. The Labute approximate surface area is 109 Å². The van der Waals surface area contributed by atoms with E-state index in [9.17, 15) is 9.59 Å². The molecule has 1 aliphatic rings. The Balaban J connectivity index is 2.08. The zero-order chi connectivity index (χ0) is 13.2. The molecule has 0 aliphatic carbocycles. The summed E-state index contributed by atoms with van der Waals surface area (Å²) in [4.78, 5) is 22.7. The van der Waals surface area contributed by atoms with Gasteiger partial charge < -0.3 is 0 Å². The zero-order valence-electron chi connectivity index (χ0n) is 10.0. The molecule has 4 nitrogen and oxygen atoms in total. The van der Waals surface area contributed by atoms with Crippen molar-refractivity contribution in [2.45, 2.75) is 6.42 Å². The lowest BCUT2D eigenvalue weighted by atomic mass is 10.0. The molecule has 0 saturated heterocycles.